The van der Waals surface area contributed by atoms with Gasteiger partial charge in [-0.15, -0.1) is 0 Å². The van der Waals surface area contributed by atoms with Gasteiger partial charge in [-0.25, -0.2) is 19.6 Å². The Kier molecular flexibility index (Phi) is 13.7. The molecule has 0 aromatic carbocycles. The molecule has 1 aliphatic heterocycles. The van der Waals surface area contributed by atoms with Crippen molar-refractivity contribution in [2.24, 2.45) is 0 Å². The van der Waals surface area contributed by atoms with Gasteiger partial charge >= 0.3 is 11.9 Å². The number of esters is 2. The van der Waals surface area contributed by atoms with Gasteiger partial charge in [0.15, 0.2) is 0 Å². The fourth-order valence-electron chi connectivity index (χ4n) is 5.22. The van der Waals surface area contributed by atoms with Gasteiger partial charge in [0.1, 0.15) is 11.4 Å². The van der Waals surface area contributed by atoms with Crippen molar-refractivity contribution in [2.45, 2.75) is 44.6 Å². The lowest BCUT2D eigenvalue weighted by Gasteiger charge is -2.27. The summed E-state index contributed by atoms with van der Waals surface area (Å²) in [7, 11) is 2.71. The summed E-state index contributed by atoms with van der Waals surface area (Å²) in [5.41, 5.74) is 2.16. The third-order valence-corrected chi connectivity index (χ3v) is 7.52. The van der Waals surface area contributed by atoms with Gasteiger partial charge < -0.3 is 28.4 Å². The fraction of sp³-hybridized carbons (Fsp3) is 0.613. The zero-order chi connectivity index (χ0) is 30.3. The summed E-state index contributed by atoms with van der Waals surface area (Å²) in [6.07, 6.45) is 3.11. The maximum Gasteiger partial charge on any atom is 0.356 e. The van der Waals surface area contributed by atoms with E-state index in [4.69, 9.17) is 28.4 Å². The topological polar surface area (TPSA) is 122 Å². The number of rotatable bonds is 6. The van der Waals surface area contributed by atoms with Crippen molar-refractivity contribution in [3.05, 3.63) is 59.2 Å². The van der Waals surface area contributed by atoms with Crippen molar-refractivity contribution in [3.8, 4) is 0 Å². The Morgan fingerprint density at radius 1 is 0.698 bits per heavy atom. The molecule has 12 nitrogen and oxygen atoms in total. The first-order valence-electron chi connectivity index (χ1n) is 15.0. The van der Waals surface area contributed by atoms with Crippen LogP contribution >= 0.6 is 0 Å². The van der Waals surface area contributed by atoms with E-state index < -0.39 is 11.9 Å². The minimum Gasteiger partial charge on any atom is -0.464 e. The average Bonchev–Trinajstić information content (AvgIpc) is 3.48. The molecule has 0 N–H and O–H groups in total. The van der Waals surface area contributed by atoms with Crippen LogP contribution in [-0.2, 0) is 41.5 Å². The van der Waals surface area contributed by atoms with E-state index in [9.17, 15) is 9.59 Å². The maximum atomic E-state index is 11.9. The molecule has 4 rings (SSSR count). The van der Waals surface area contributed by atoms with Gasteiger partial charge in [-0.2, -0.15) is 0 Å². The zero-order valence-electron chi connectivity index (χ0n) is 25.3. The van der Waals surface area contributed by atoms with Gasteiger partial charge in [0.25, 0.3) is 0 Å². The third-order valence-electron chi connectivity index (χ3n) is 7.52. The van der Waals surface area contributed by atoms with E-state index in [2.05, 4.69) is 19.8 Å². The molecule has 236 valence electrons. The number of hydrogen-bond acceptors (Lipinski definition) is 12. The summed E-state index contributed by atoms with van der Waals surface area (Å²) in [5, 5.41) is 0. The predicted molar refractivity (Wildman–Crippen MR) is 157 cm³/mol. The number of hydrogen-bond donors (Lipinski definition) is 0. The molecule has 0 unspecified atom stereocenters. The van der Waals surface area contributed by atoms with Crippen LogP contribution in [0.2, 0.25) is 0 Å². The van der Waals surface area contributed by atoms with Crippen LogP contribution in [0.15, 0.2) is 36.4 Å². The molecule has 0 bridgehead atoms. The quantitative estimate of drug-likeness (QED) is 0.453. The van der Waals surface area contributed by atoms with Crippen LogP contribution in [-0.4, -0.2) is 124 Å². The minimum atomic E-state index is -0.451. The number of carbonyl (C=O) groups excluding carboxylic acids is 2. The molecule has 43 heavy (non-hydrogen) atoms. The average molecular weight is 601 g/mol. The number of pyridine rings is 2. The largest absolute Gasteiger partial charge is 0.464 e. The smallest absolute Gasteiger partial charge is 0.356 e. The second-order valence-electron chi connectivity index (χ2n) is 10.5. The molecule has 1 aliphatic carbocycles. The van der Waals surface area contributed by atoms with Gasteiger partial charge in [-0.3, -0.25) is 9.80 Å². The molecule has 2 aromatic rings. The molecule has 0 amide bonds. The maximum absolute atomic E-state index is 11.9. The van der Waals surface area contributed by atoms with E-state index in [1.54, 1.807) is 12.1 Å². The second-order valence-corrected chi connectivity index (χ2v) is 10.5. The third kappa shape index (κ3) is 10.9. The molecule has 0 radical (unpaired) electrons. The Labute approximate surface area is 253 Å². The molecule has 2 atom stereocenters. The van der Waals surface area contributed by atoms with Crippen molar-refractivity contribution in [1.29, 1.82) is 0 Å². The summed E-state index contributed by atoms with van der Waals surface area (Å²) in [5.74, 6) is -0.902. The van der Waals surface area contributed by atoms with E-state index in [1.807, 2.05) is 24.3 Å². The van der Waals surface area contributed by atoms with Gasteiger partial charge in [-0.1, -0.05) is 12.1 Å². The first kappa shape index (κ1) is 32.9. The lowest BCUT2D eigenvalue weighted by Crippen LogP contribution is -2.36. The number of ether oxygens (including phenoxy) is 6. The molecular formula is C31H44N4O8. The van der Waals surface area contributed by atoms with E-state index in [0.717, 1.165) is 30.7 Å². The highest BCUT2D eigenvalue weighted by Crippen LogP contribution is 2.25. The lowest BCUT2D eigenvalue weighted by atomic mass is 10.2. The zero-order valence-corrected chi connectivity index (χ0v) is 25.3. The van der Waals surface area contributed by atoms with Crippen molar-refractivity contribution in [3.63, 3.8) is 0 Å². The summed E-state index contributed by atoms with van der Waals surface area (Å²) >= 11 is 0. The van der Waals surface area contributed by atoms with Gasteiger partial charge in [0.2, 0.25) is 0 Å². The molecule has 3 heterocycles. The summed E-state index contributed by atoms with van der Waals surface area (Å²) in [4.78, 5) is 37.3. The first-order chi connectivity index (χ1) is 21.1. The monoisotopic (exact) mass is 600 g/mol. The number of fused-ring (bicyclic) bond motifs is 1. The molecule has 2 aromatic heterocycles. The van der Waals surface area contributed by atoms with Crippen molar-refractivity contribution >= 4 is 11.9 Å². The minimum absolute atomic E-state index is 0.0490. The Morgan fingerprint density at radius 2 is 1.14 bits per heavy atom. The van der Waals surface area contributed by atoms with Gasteiger partial charge in [0, 0.05) is 39.3 Å². The highest BCUT2D eigenvalue weighted by Gasteiger charge is 2.29. The highest BCUT2D eigenvalue weighted by molar-refractivity contribution is 5.87. The summed E-state index contributed by atoms with van der Waals surface area (Å²) in [6, 6.07) is 10.8. The van der Waals surface area contributed by atoms with Crippen molar-refractivity contribution in [1.82, 2.24) is 19.8 Å². The molecule has 12 heteroatoms. The Balaban J connectivity index is 1.34. The van der Waals surface area contributed by atoms with Gasteiger partial charge in [-0.05, 0) is 43.5 Å². The number of methoxy groups -OCH3 is 2. The predicted octanol–water partition coefficient (Wildman–Crippen LogP) is 2.36. The van der Waals surface area contributed by atoms with E-state index in [-0.39, 0.29) is 12.2 Å². The number of aromatic nitrogens is 2. The van der Waals surface area contributed by atoms with Crippen LogP contribution in [0.4, 0.5) is 0 Å². The molecule has 1 saturated heterocycles. The Hall–Kier alpha value is -3.00. The van der Waals surface area contributed by atoms with Crippen molar-refractivity contribution < 1.29 is 38.0 Å². The Bertz CT molecular complexity index is 1060. The normalized spacial score (nSPS) is 22.2. The first-order valence-corrected chi connectivity index (χ1v) is 15.0. The highest BCUT2D eigenvalue weighted by atomic mass is 16.5. The van der Waals surface area contributed by atoms with Crippen LogP contribution in [0.25, 0.3) is 0 Å². The molecular weight excluding hydrogens is 556 g/mol. The molecule has 0 spiro atoms. The van der Waals surface area contributed by atoms with E-state index in [0.29, 0.717) is 90.3 Å². The fourth-order valence-corrected chi connectivity index (χ4v) is 5.22. The molecule has 2 aliphatic rings. The van der Waals surface area contributed by atoms with Crippen LogP contribution in [0, 0.1) is 0 Å². The van der Waals surface area contributed by atoms with E-state index in [1.165, 1.54) is 14.2 Å². The van der Waals surface area contributed by atoms with Crippen LogP contribution in [0.1, 0.15) is 51.6 Å². The second kappa shape index (κ2) is 18.0. The van der Waals surface area contributed by atoms with Crippen LogP contribution in [0.3, 0.4) is 0 Å². The van der Waals surface area contributed by atoms with E-state index >= 15 is 0 Å². The Morgan fingerprint density at radius 3 is 1.58 bits per heavy atom. The van der Waals surface area contributed by atoms with Crippen molar-refractivity contribution in [2.75, 3.05) is 80.0 Å². The van der Waals surface area contributed by atoms with Crippen LogP contribution < -0.4 is 0 Å². The van der Waals surface area contributed by atoms with Gasteiger partial charge in [0.05, 0.1) is 77.5 Å². The lowest BCUT2D eigenvalue weighted by molar-refractivity contribution is -0.0669. The molecule has 1 saturated carbocycles. The standard InChI is InChI=1S/C31H44N4O8/c1-38-30(36)26-8-3-6-24(32-26)22-34-12-16-40-20-21-41-17-13-35(23-25-7-4-9-27(33-25)31(37)39-2)15-19-43-29-11-5-10-28(29)42-18-14-34/h3-4,6-9,28-29H,5,10-23H2,1-2H3/t28-,29+. The number of nitrogens with zero attached hydrogens (tertiary/aromatic N) is 4. The SMILES string of the molecule is COC(=O)c1cccc(CN2CCOCCOCCN(Cc3cccc(C(=O)OC)n3)CCO[C@@H]3CCC[C@@H]3OCC2)n1. The molecule has 2 fully saturated rings. The summed E-state index contributed by atoms with van der Waals surface area (Å²) in [6.45, 7) is 7.01. The van der Waals surface area contributed by atoms with Crippen LogP contribution in [0.5, 0.6) is 0 Å². The number of carbonyl (C=O) groups is 2. The summed E-state index contributed by atoms with van der Waals surface area (Å²) < 4.78 is 34.1.